The Bertz CT molecular complexity index is 772. The highest BCUT2D eigenvalue weighted by Crippen LogP contribution is 2.27. The van der Waals surface area contributed by atoms with Crippen LogP contribution in [-0.2, 0) is 16.0 Å². The number of aryl methyl sites for hydroxylation is 1. The topological polar surface area (TPSA) is 82.7 Å². The molecule has 0 aromatic carbocycles. The third-order valence-corrected chi connectivity index (χ3v) is 6.70. The number of carbonyl (C=O) groups is 3. The van der Waals surface area contributed by atoms with Crippen molar-refractivity contribution in [2.45, 2.75) is 65.2 Å². The molecule has 0 spiro atoms. The zero-order valence-corrected chi connectivity index (χ0v) is 18.6. The first-order chi connectivity index (χ1) is 14.5. The minimum Gasteiger partial charge on any atom is -0.465 e. The highest BCUT2D eigenvalue weighted by molar-refractivity contribution is 6.00. The van der Waals surface area contributed by atoms with Gasteiger partial charge in [0.05, 0.1) is 12.7 Å². The number of rotatable bonds is 6. The fourth-order valence-corrected chi connectivity index (χ4v) is 4.79. The number of carbonyl (C=O) groups excluding carboxylic acids is 3. The molecule has 0 bridgehead atoms. The number of H-pyrrole nitrogens is 1. The number of aromatic amines is 1. The molecular formula is C23H35N3O4. The standard InChI is InChI=1S/C23H35N3O4/c1-4-18-20(23(29)30-3)16(2)21(24-18)22(28)26-14-12-25(13-15-26)19(27)11-10-17-8-6-5-7-9-17/h17,24H,4-15H2,1-3H3. The molecule has 2 fully saturated rings. The van der Waals surface area contributed by atoms with Crippen molar-refractivity contribution in [1.82, 2.24) is 14.8 Å². The van der Waals surface area contributed by atoms with Crippen LogP contribution in [0.2, 0.25) is 0 Å². The Morgan fingerprint density at radius 2 is 1.67 bits per heavy atom. The second-order valence-electron chi connectivity index (χ2n) is 8.54. The zero-order valence-electron chi connectivity index (χ0n) is 18.6. The van der Waals surface area contributed by atoms with Crippen LogP contribution in [0.25, 0.3) is 0 Å². The number of amides is 2. The van der Waals surface area contributed by atoms with Gasteiger partial charge in [-0.2, -0.15) is 0 Å². The summed E-state index contributed by atoms with van der Waals surface area (Å²) in [7, 11) is 1.35. The second-order valence-corrected chi connectivity index (χ2v) is 8.54. The van der Waals surface area contributed by atoms with E-state index in [9.17, 15) is 14.4 Å². The van der Waals surface area contributed by atoms with Crippen molar-refractivity contribution in [1.29, 1.82) is 0 Å². The van der Waals surface area contributed by atoms with Crippen LogP contribution in [0.5, 0.6) is 0 Å². The van der Waals surface area contributed by atoms with Gasteiger partial charge in [0.25, 0.3) is 5.91 Å². The highest BCUT2D eigenvalue weighted by atomic mass is 16.5. The van der Waals surface area contributed by atoms with Gasteiger partial charge in [-0.05, 0) is 31.2 Å². The molecule has 1 aliphatic heterocycles. The van der Waals surface area contributed by atoms with E-state index in [2.05, 4.69) is 4.98 Å². The Hall–Kier alpha value is -2.31. The number of piperazine rings is 1. The van der Waals surface area contributed by atoms with E-state index < -0.39 is 5.97 Å². The van der Waals surface area contributed by atoms with Gasteiger partial charge < -0.3 is 19.5 Å². The lowest BCUT2D eigenvalue weighted by Gasteiger charge is -2.35. The van der Waals surface area contributed by atoms with E-state index in [1.54, 1.807) is 11.8 Å². The van der Waals surface area contributed by atoms with Crippen molar-refractivity contribution in [3.8, 4) is 0 Å². The lowest BCUT2D eigenvalue weighted by atomic mass is 9.86. The van der Waals surface area contributed by atoms with Crippen LogP contribution in [0, 0.1) is 12.8 Å². The molecule has 0 radical (unpaired) electrons. The summed E-state index contributed by atoms with van der Waals surface area (Å²) in [4.78, 5) is 44.6. The summed E-state index contributed by atoms with van der Waals surface area (Å²) in [6.07, 6.45) is 8.69. The molecular weight excluding hydrogens is 382 g/mol. The number of methoxy groups -OCH3 is 1. The van der Waals surface area contributed by atoms with Crippen molar-refractivity contribution < 1.29 is 19.1 Å². The molecule has 1 saturated heterocycles. The lowest BCUT2D eigenvalue weighted by molar-refractivity contribution is -0.133. The van der Waals surface area contributed by atoms with Crippen LogP contribution in [-0.4, -0.2) is 65.9 Å². The Kier molecular flexibility index (Phi) is 7.56. The van der Waals surface area contributed by atoms with Gasteiger partial charge >= 0.3 is 5.97 Å². The third-order valence-electron chi connectivity index (χ3n) is 6.70. The molecule has 2 amide bonds. The molecule has 2 heterocycles. The smallest absolute Gasteiger partial charge is 0.339 e. The van der Waals surface area contributed by atoms with Crippen molar-refractivity contribution in [2.24, 2.45) is 5.92 Å². The van der Waals surface area contributed by atoms with Crippen LogP contribution in [0.15, 0.2) is 0 Å². The summed E-state index contributed by atoms with van der Waals surface area (Å²) in [6.45, 7) is 5.88. The maximum atomic E-state index is 13.1. The maximum Gasteiger partial charge on any atom is 0.339 e. The first-order valence-corrected chi connectivity index (χ1v) is 11.3. The summed E-state index contributed by atoms with van der Waals surface area (Å²) in [6, 6.07) is 0. The largest absolute Gasteiger partial charge is 0.465 e. The van der Waals surface area contributed by atoms with E-state index in [0.717, 1.165) is 12.1 Å². The summed E-state index contributed by atoms with van der Waals surface area (Å²) >= 11 is 0. The van der Waals surface area contributed by atoms with Gasteiger partial charge in [-0.25, -0.2) is 4.79 Å². The van der Waals surface area contributed by atoms with E-state index in [-0.39, 0.29) is 11.8 Å². The Morgan fingerprint density at radius 3 is 2.27 bits per heavy atom. The van der Waals surface area contributed by atoms with E-state index in [1.807, 2.05) is 11.8 Å². The van der Waals surface area contributed by atoms with E-state index >= 15 is 0 Å². The number of hydrogen-bond acceptors (Lipinski definition) is 4. The Balaban J connectivity index is 1.55. The van der Waals surface area contributed by atoms with Crippen molar-refractivity contribution in [2.75, 3.05) is 33.3 Å². The van der Waals surface area contributed by atoms with Gasteiger partial charge in [0, 0.05) is 38.3 Å². The van der Waals surface area contributed by atoms with Gasteiger partial charge in [0.1, 0.15) is 5.69 Å². The fourth-order valence-electron chi connectivity index (χ4n) is 4.79. The number of esters is 1. The third kappa shape index (κ3) is 4.87. The molecule has 7 heteroatoms. The van der Waals surface area contributed by atoms with E-state index in [4.69, 9.17) is 4.74 Å². The van der Waals surface area contributed by atoms with Crippen LogP contribution in [0.3, 0.4) is 0 Å². The van der Waals surface area contributed by atoms with Gasteiger partial charge in [-0.15, -0.1) is 0 Å². The lowest BCUT2D eigenvalue weighted by Crippen LogP contribution is -2.50. The van der Waals surface area contributed by atoms with Crippen LogP contribution < -0.4 is 0 Å². The average Bonchev–Trinajstić information content (AvgIpc) is 3.13. The molecule has 1 saturated carbocycles. The normalized spacial score (nSPS) is 17.8. The Labute approximate surface area is 179 Å². The SMILES string of the molecule is CCc1[nH]c(C(=O)N2CCN(C(=O)CCC3CCCCC3)CC2)c(C)c1C(=O)OC. The van der Waals surface area contributed by atoms with Gasteiger partial charge in [-0.3, -0.25) is 9.59 Å². The predicted molar refractivity (Wildman–Crippen MR) is 115 cm³/mol. The van der Waals surface area contributed by atoms with Crippen LogP contribution in [0.4, 0.5) is 0 Å². The predicted octanol–water partition coefficient (Wildman–Crippen LogP) is 3.32. The number of nitrogens with zero attached hydrogens (tertiary/aromatic N) is 2. The maximum absolute atomic E-state index is 13.1. The molecule has 0 atom stereocenters. The molecule has 1 aromatic rings. The Morgan fingerprint density at radius 1 is 1.03 bits per heavy atom. The molecule has 30 heavy (non-hydrogen) atoms. The molecule has 2 aliphatic rings. The van der Waals surface area contributed by atoms with E-state index in [1.165, 1.54) is 39.2 Å². The molecule has 0 unspecified atom stereocenters. The minimum atomic E-state index is -0.423. The summed E-state index contributed by atoms with van der Waals surface area (Å²) < 4.78 is 4.88. The van der Waals surface area contributed by atoms with Gasteiger partial charge in [0.2, 0.25) is 5.91 Å². The summed E-state index contributed by atoms with van der Waals surface area (Å²) in [5.74, 6) is 0.378. The number of nitrogens with one attached hydrogen (secondary N) is 1. The highest BCUT2D eigenvalue weighted by Gasteiger charge is 2.29. The zero-order chi connectivity index (χ0) is 21.7. The quantitative estimate of drug-likeness (QED) is 0.720. The fraction of sp³-hybridized carbons (Fsp3) is 0.696. The van der Waals surface area contributed by atoms with Crippen molar-refractivity contribution in [3.05, 3.63) is 22.5 Å². The summed E-state index contributed by atoms with van der Waals surface area (Å²) in [5.41, 5.74) is 2.26. The first-order valence-electron chi connectivity index (χ1n) is 11.3. The average molecular weight is 418 g/mol. The molecule has 7 nitrogen and oxygen atoms in total. The monoisotopic (exact) mass is 417 g/mol. The molecule has 1 aliphatic carbocycles. The first kappa shape index (κ1) is 22.4. The van der Waals surface area contributed by atoms with Crippen LogP contribution >= 0.6 is 0 Å². The van der Waals surface area contributed by atoms with Gasteiger partial charge in [-0.1, -0.05) is 39.0 Å². The number of aromatic nitrogens is 1. The van der Waals surface area contributed by atoms with Crippen molar-refractivity contribution in [3.63, 3.8) is 0 Å². The van der Waals surface area contributed by atoms with E-state index in [0.29, 0.717) is 61.8 Å². The number of ether oxygens (including phenoxy) is 1. The summed E-state index contributed by atoms with van der Waals surface area (Å²) in [5, 5.41) is 0. The molecule has 1 aromatic heterocycles. The second kappa shape index (κ2) is 10.1. The molecule has 166 valence electrons. The molecule has 1 N–H and O–H groups in total. The van der Waals surface area contributed by atoms with Crippen molar-refractivity contribution >= 4 is 17.8 Å². The molecule has 3 rings (SSSR count). The number of hydrogen-bond donors (Lipinski definition) is 1. The van der Waals surface area contributed by atoms with Crippen LogP contribution in [0.1, 0.15) is 84.0 Å². The van der Waals surface area contributed by atoms with Gasteiger partial charge in [0.15, 0.2) is 0 Å². The minimum absolute atomic E-state index is 0.119.